The number of H-pyrrole nitrogens is 1. The molecule has 3 aromatic rings. The molecule has 1 fully saturated rings. The first-order valence-corrected chi connectivity index (χ1v) is 9.67. The van der Waals surface area contributed by atoms with Gasteiger partial charge < -0.3 is 4.74 Å². The molecule has 7 heteroatoms. The number of nitrogens with zero attached hydrogens (tertiary/aromatic N) is 5. The highest BCUT2D eigenvalue weighted by Gasteiger charge is 2.24. The Labute approximate surface area is 165 Å². The van der Waals surface area contributed by atoms with Gasteiger partial charge in [-0.15, -0.1) is 10.2 Å². The molecule has 0 amide bonds. The number of rotatable bonds is 6. The summed E-state index contributed by atoms with van der Waals surface area (Å²) in [6.07, 6.45) is 0. The summed E-state index contributed by atoms with van der Waals surface area (Å²) in [5.74, 6) is 1.62. The number of hydrogen-bond donors (Lipinski definition) is 1. The Morgan fingerprint density at radius 2 is 1.79 bits per heavy atom. The fraction of sp³-hybridized carbons (Fsp3) is 0.381. The lowest BCUT2D eigenvalue weighted by atomic mass is 10.0. The normalized spacial score (nSPS) is 16.8. The quantitative estimate of drug-likeness (QED) is 0.711. The second-order valence-corrected chi connectivity index (χ2v) is 7.12. The van der Waals surface area contributed by atoms with E-state index in [1.54, 1.807) is 7.11 Å². The van der Waals surface area contributed by atoms with Crippen LogP contribution in [-0.2, 0) is 6.54 Å². The molecule has 28 heavy (non-hydrogen) atoms. The van der Waals surface area contributed by atoms with Crippen LogP contribution < -0.4 is 4.74 Å². The van der Waals surface area contributed by atoms with E-state index in [0.717, 1.165) is 44.0 Å². The van der Waals surface area contributed by atoms with E-state index in [0.29, 0.717) is 11.9 Å². The van der Waals surface area contributed by atoms with Crippen molar-refractivity contribution in [3.05, 3.63) is 59.7 Å². The number of ether oxygens (including phenoxy) is 1. The van der Waals surface area contributed by atoms with Crippen molar-refractivity contribution in [3.63, 3.8) is 0 Å². The van der Waals surface area contributed by atoms with Crippen LogP contribution in [0.25, 0.3) is 11.4 Å². The third-order valence-electron chi connectivity index (χ3n) is 5.54. The minimum atomic E-state index is 0.338. The maximum absolute atomic E-state index is 5.55. The number of nitrogens with one attached hydrogen (secondary N) is 1. The predicted octanol–water partition coefficient (Wildman–Crippen LogP) is 2.75. The Kier molecular flexibility index (Phi) is 5.64. The average molecular weight is 378 g/mol. The number of aromatic nitrogens is 4. The van der Waals surface area contributed by atoms with Gasteiger partial charge in [0.15, 0.2) is 0 Å². The average Bonchev–Trinajstić information content (AvgIpc) is 3.29. The lowest BCUT2D eigenvalue weighted by Gasteiger charge is -2.38. The zero-order chi connectivity index (χ0) is 19.3. The van der Waals surface area contributed by atoms with Gasteiger partial charge in [0.2, 0.25) is 5.82 Å². The summed E-state index contributed by atoms with van der Waals surface area (Å²) in [4.78, 5) is 5.02. The zero-order valence-electron chi connectivity index (χ0n) is 16.4. The number of tetrazole rings is 1. The van der Waals surface area contributed by atoms with Gasteiger partial charge in [0.1, 0.15) is 5.75 Å². The van der Waals surface area contributed by atoms with E-state index in [9.17, 15) is 0 Å². The maximum Gasteiger partial charge on any atom is 0.204 e. The second-order valence-electron chi connectivity index (χ2n) is 7.12. The molecule has 1 aromatic heterocycles. The van der Waals surface area contributed by atoms with Crippen molar-refractivity contribution in [2.75, 3.05) is 33.3 Å². The summed E-state index contributed by atoms with van der Waals surface area (Å²) in [7, 11) is 1.74. The Hall–Kier alpha value is -2.77. The van der Waals surface area contributed by atoms with Crippen molar-refractivity contribution in [2.24, 2.45) is 0 Å². The third-order valence-corrected chi connectivity index (χ3v) is 5.54. The van der Waals surface area contributed by atoms with Crippen molar-refractivity contribution in [1.29, 1.82) is 0 Å². The maximum atomic E-state index is 5.55. The van der Waals surface area contributed by atoms with Gasteiger partial charge in [-0.2, -0.15) is 5.21 Å². The molecule has 1 N–H and O–H groups in total. The van der Waals surface area contributed by atoms with E-state index in [2.05, 4.69) is 67.7 Å². The van der Waals surface area contributed by atoms with Crippen LogP contribution in [0.4, 0.5) is 0 Å². The Bertz CT molecular complexity index is 889. The van der Waals surface area contributed by atoms with Gasteiger partial charge in [0, 0.05) is 49.9 Å². The Morgan fingerprint density at radius 3 is 2.54 bits per heavy atom. The van der Waals surface area contributed by atoms with Crippen molar-refractivity contribution in [3.8, 4) is 17.1 Å². The van der Waals surface area contributed by atoms with Crippen LogP contribution >= 0.6 is 0 Å². The second kappa shape index (κ2) is 8.50. The van der Waals surface area contributed by atoms with E-state index in [4.69, 9.17) is 4.74 Å². The van der Waals surface area contributed by atoms with Crippen LogP contribution in [0.1, 0.15) is 24.1 Å². The van der Waals surface area contributed by atoms with Crippen molar-refractivity contribution < 1.29 is 4.74 Å². The Balaban J connectivity index is 1.40. The lowest BCUT2D eigenvalue weighted by molar-refractivity contribution is 0.0969. The summed E-state index contributed by atoms with van der Waals surface area (Å²) in [5.41, 5.74) is 3.53. The summed E-state index contributed by atoms with van der Waals surface area (Å²) in [6, 6.07) is 16.9. The third kappa shape index (κ3) is 3.90. The molecule has 0 radical (unpaired) electrons. The van der Waals surface area contributed by atoms with Gasteiger partial charge >= 0.3 is 0 Å². The topological polar surface area (TPSA) is 70.2 Å². The summed E-state index contributed by atoms with van der Waals surface area (Å²) >= 11 is 0. The standard InChI is InChI=1S/C21H26N6O/c1-16(18-8-5-6-10-20(18)28-2)27-13-11-26(12-14-27)15-17-7-3-4-9-19(17)21-22-24-25-23-21/h3-10,16H,11-15H2,1-2H3,(H,22,23,24,25). The van der Waals surface area contributed by atoms with Crippen LogP contribution in [0, 0.1) is 0 Å². The van der Waals surface area contributed by atoms with Gasteiger partial charge in [0.25, 0.3) is 0 Å². The highest BCUT2D eigenvalue weighted by molar-refractivity contribution is 5.59. The van der Waals surface area contributed by atoms with E-state index in [1.807, 2.05) is 18.2 Å². The van der Waals surface area contributed by atoms with Gasteiger partial charge in [0.05, 0.1) is 7.11 Å². The monoisotopic (exact) mass is 378 g/mol. The molecule has 0 spiro atoms. The smallest absolute Gasteiger partial charge is 0.204 e. The molecule has 1 aliphatic heterocycles. The molecular weight excluding hydrogens is 352 g/mol. The minimum Gasteiger partial charge on any atom is -0.496 e. The molecule has 146 valence electrons. The first kappa shape index (κ1) is 18.6. The molecule has 1 atom stereocenters. The van der Waals surface area contributed by atoms with Crippen LogP contribution in [-0.4, -0.2) is 63.7 Å². The SMILES string of the molecule is COc1ccccc1C(C)N1CCN(Cc2ccccc2-c2nn[nH]n2)CC1. The van der Waals surface area contributed by atoms with Crippen LogP contribution in [0.3, 0.4) is 0 Å². The molecule has 2 aromatic carbocycles. The van der Waals surface area contributed by atoms with E-state index < -0.39 is 0 Å². The molecule has 1 unspecified atom stereocenters. The van der Waals surface area contributed by atoms with Gasteiger partial charge in [-0.25, -0.2) is 0 Å². The van der Waals surface area contributed by atoms with Crippen molar-refractivity contribution >= 4 is 0 Å². The van der Waals surface area contributed by atoms with E-state index in [1.165, 1.54) is 11.1 Å². The Morgan fingerprint density at radius 1 is 1.04 bits per heavy atom. The number of hydrogen-bond acceptors (Lipinski definition) is 6. The fourth-order valence-corrected chi connectivity index (χ4v) is 3.91. The summed E-state index contributed by atoms with van der Waals surface area (Å²) in [5, 5.41) is 14.5. The van der Waals surface area contributed by atoms with Gasteiger partial charge in [-0.1, -0.05) is 42.5 Å². The van der Waals surface area contributed by atoms with E-state index in [-0.39, 0.29) is 0 Å². The molecule has 0 bridgehead atoms. The van der Waals surface area contributed by atoms with Crippen molar-refractivity contribution in [2.45, 2.75) is 19.5 Å². The van der Waals surface area contributed by atoms with Crippen molar-refractivity contribution in [1.82, 2.24) is 30.4 Å². The van der Waals surface area contributed by atoms with Gasteiger partial charge in [-0.3, -0.25) is 9.80 Å². The lowest BCUT2D eigenvalue weighted by Crippen LogP contribution is -2.46. The van der Waals surface area contributed by atoms with Crippen LogP contribution in [0.15, 0.2) is 48.5 Å². The predicted molar refractivity (Wildman–Crippen MR) is 108 cm³/mol. The number of para-hydroxylation sites is 1. The molecule has 1 saturated heterocycles. The molecule has 0 saturated carbocycles. The summed E-state index contributed by atoms with van der Waals surface area (Å²) < 4.78 is 5.55. The zero-order valence-corrected chi connectivity index (χ0v) is 16.4. The molecule has 2 heterocycles. The molecule has 1 aliphatic rings. The van der Waals surface area contributed by atoms with E-state index >= 15 is 0 Å². The van der Waals surface area contributed by atoms with Gasteiger partial charge in [-0.05, 0) is 23.8 Å². The largest absolute Gasteiger partial charge is 0.496 e. The number of benzene rings is 2. The minimum absolute atomic E-state index is 0.338. The number of piperazine rings is 1. The first-order chi connectivity index (χ1) is 13.8. The number of aromatic amines is 1. The molecular formula is C21H26N6O. The number of methoxy groups -OCH3 is 1. The highest BCUT2D eigenvalue weighted by Crippen LogP contribution is 2.30. The molecule has 4 rings (SSSR count). The van der Waals surface area contributed by atoms with Crippen LogP contribution in [0.2, 0.25) is 0 Å². The highest BCUT2D eigenvalue weighted by atomic mass is 16.5. The first-order valence-electron chi connectivity index (χ1n) is 9.67. The molecule has 7 nitrogen and oxygen atoms in total. The summed E-state index contributed by atoms with van der Waals surface area (Å²) in [6.45, 7) is 7.27. The molecule has 0 aliphatic carbocycles. The fourth-order valence-electron chi connectivity index (χ4n) is 3.91. The van der Waals surface area contributed by atoms with Crippen LogP contribution in [0.5, 0.6) is 5.75 Å².